The average Bonchev–Trinajstić information content (AvgIpc) is 3.39. The van der Waals surface area contributed by atoms with Crippen LogP contribution in [-0.2, 0) is 11.2 Å². The fourth-order valence-corrected chi connectivity index (χ4v) is 4.33. The molecule has 1 aliphatic carbocycles. The molecule has 28 heavy (non-hydrogen) atoms. The lowest BCUT2D eigenvalue weighted by atomic mass is 9.86. The average molecular weight is 504 g/mol. The van der Waals surface area contributed by atoms with Crippen LogP contribution in [0.5, 0.6) is 0 Å². The Morgan fingerprint density at radius 3 is 2.75 bits per heavy atom. The lowest BCUT2D eigenvalue weighted by molar-refractivity contribution is 0.186. The van der Waals surface area contributed by atoms with E-state index in [0.29, 0.717) is 11.3 Å². The normalized spacial score (nSPS) is 21.7. The van der Waals surface area contributed by atoms with Gasteiger partial charge in [0.2, 0.25) is 0 Å². The van der Waals surface area contributed by atoms with Crippen molar-refractivity contribution in [1.82, 2.24) is 15.5 Å². The summed E-state index contributed by atoms with van der Waals surface area (Å²) in [5.41, 5.74) is 0.329. The van der Waals surface area contributed by atoms with Crippen LogP contribution in [0.1, 0.15) is 37.9 Å². The van der Waals surface area contributed by atoms with Crippen LogP contribution in [-0.4, -0.2) is 64.3 Å². The molecule has 1 saturated carbocycles. The van der Waals surface area contributed by atoms with Crippen molar-refractivity contribution in [1.29, 1.82) is 0 Å². The smallest absolute Gasteiger partial charge is 0.191 e. The molecule has 2 N–H and O–H groups in total. The summed E-state index contributed by atoms with van der Waals surface area (Å²) in [5.74, 6) is 2.52. The van der Waals surface area contributed by atoms with Crippen LogP contribution >= 0.6 is 24.0 Å². The maximum Gasteiger partial charge on any atom is 0.191 e. The summed E-state index contributed by atoms with van der Waals surface area (Å²) in [5, 5.41) is 7.05. The molecule has 0 aromatic carbocycles. The molecule has 1 aromatic heterocycles. The Bertz CT molecular complexity index is 565. The van der Waals surface area contributed by atoms with Crippen LogP contribution < -0.4 is 10.6 Å². The Kier molecular flexibility index (Phi) is 10.1. The van der Waals surface area contributed by atoms with Gasteiger partial charge >= 0.3 is 0 Å². The van der Waals surface area contributed by atoms with Gasteiger partial charge in [0.15, 0.2) is 5.96 Å². The highest BCUT2D eigenvalue weighted by atomic mass is 127. The molecule has 7 heteroatoms. The molecule has 2 fully saturated rings. The second kappa shape index (κ2) is 12.0. The number of aliphatic imine (C=N–C) groups is 1. The van der Waals surface area contributed by atoms with E-state index in [1.54, 1.807) is 6.26 Å². The van der Waals surface area contributed by atoms with E-state index in [1.807, 2.05) is 12.1 Å². The Labute approximate surface area is 186 Å². The van der Waals surface area contributed by atoms with Gasteiger partial charge in [-0.05, 0) is 45.5 Å². The molecule has 0 bridgehead atoms. The number of hydrogen-bond acceptors (Lipinski definition) is 4. The number of nitrogens with zero attached hydrogens (tertiary/aromatic N) is 2. The number of rotatable bonds is 9. The van der Waals surface area contributed by atoms with Gasteiger partial charge in [-0.25, -0.2) is 0 Å². The minimum atomic E-state index is 0. The van der Waals surface area contributed by atoms with Gasteiger partial charge in [-0.15, -0.1) is 24.0 Å². The summed E-state index contributed by atoms with van der Waals surface area (Å²) in [7, 11) is 4.34. The molecule has 0 radical (unpaired) electrons. The van der Waals surface area contributed by atoms with E-state index in [2.05, 4.69) is 29.6 Å². The topological polar surface area (TPSA) is 62.0 Å². The fourth-order valence-electron chi connectivity index (χ4n) is 4.33. The number of furan rings is 1. The van der Waals surface area contributed by atoms with E-state index in [4.69, 9.17) is 14.1 Å². The van der Waals surface area contributed by atoms with Crippen molar-refractivity contribution < 1.29 is 9.15 Å². The van der Waals surface area contributed by atoms with E-state index in [9.17, 15) is 0 Å². The van der Waals surface area contributed by atoms with E-state index in [-0.39, 0.29) is 24.0 Å². The first-order valence-corrected chi connectivity index (χ1v) is 10.4. The molecule has 6 nitrogen and oxygen atoms in total. The highest BCUT2D eigenvalue weighted by Gasteiger charge is 2.34. The molecule has 1 saturated heterocycles. The van der Waals surface area contributed by atoms with Crippen molar-refractivity contribution in [3.8, 4) is 0 Å². The first kappa shape index (κ1) is 23.5. The summed E-state index contributed by atoms with van der Waals surface area (Å²) in [6, 6.07) is 3.96. The van der Waals surface area contributed by atoms with Gasteiger partial charge in [-0.1, -0.05) is 12.8 Å². The minimum Gasteiger partial charge on any atom is -0.469 e. The van der Waals surface area contributed by atoms with Gasteiger partial charge in [-0.3, -0.25) is 4.99 Å². The molecular weight excluding hydrogens is 467 g/mol. The molecule has 1 atom stereocenters. The third-order valence-corrected chi connectivity index (χ3v) is 5.71. The first-order chi connectivity index (χ1) is 13.2. The zero-order chi connectivity index (χ0) is 19.0. The second-order valence-corrected chi connectivity index (χ2v) is 8.48. The fraction of sp³-hybridized carbons (Fsp3) is 0.762. The van der Waals surface area contributed by atoms with E-state index >= 15 is 0 Å². The standard InChI is InChI=1S/C21H36N4O2.HI/c1-25(2)17-21(9-3-4-10-21)16-24-20(23-14-18-8-13-26-15-18)22-11-7-19-6-5-12-27-19;/h5-6,12,18H,3-4,7-11,13-17H2,1-2H3,(H2,22,23,24);1H. The van der Waals surface area contributed by atoms with Crippen LogP contribution in [0.4, 0.5) is 0 Å². The minimum absolute atomic E-state index is 0. The van der Waals surface area contributed by atoms with Crippen LogP contribution in [0.15, 0.2) is 27.8 Å². The number of guanidine groups is 1. The van der Waals surface area contributed by atoms with Gasteiger partial charge in [0, 0.05) is 50.5 Å². The van der Waals surface area contributed by atoms with Gasteiger partial charge in [0.1, 0.15) is 5.76 Å². The van der Waals surface area contributed by atoms with Crippen LogP contribution in [0.25, 0.3) is 0 Å². The molecule has 2 aliphatic rings. The zero-order valence-electron chi connectivity index (χ0n) is 17.4. The maximum atomic E-state index is 5.50. The summed E-state index contributed by atoms with van der Waals surface area (Å²) in [4.78, 5) is 7.32. The van der Waals surface area contributed by atoms with Gasteiger partial charge < -0.3 is 24.7 Å². The lowest BCUT2D eigenvalue weighted by Crippen LogP contribution is -2.42. The molecule has 3 rings (SSSR count). The molecule has 2 heterocycles. The van der Waals surface area contributed by atoms with Crippen molar-refractivity contribution in [2.75, 3.05) is 53.5 Å². The summed E-state index contributed by atoms with van der Waals surface area (Å²) >= 11 is 0. The predicted molar refractivity (Wildman–Crippen MR) is 125 cm³/mol. The summed E-state index contributed by atoms with van der Waals surface area (Å²) in [6.07, 6.45) is 8.96. The highest BCUT2D eigenvalue weighted by Crippen LogP contribution is 2.38. The van der Waals surface area contributed by atoms with Crippen molar-refractivity contribution in [3.63, 3.8) is 0 Å². The number of hydrogen-bond donors (Lipinski definition) is 2. The molecule has 1 unspecified atom stereocenters. The summed E-state index contributed by atoms with van der Waals surface area (Å²) in [6.45, 7) is 5.50. The number of ether oxygens (including phenoxy) is 1. The predicted octanol–water partition coefficient (Wildman–Crippen LogP) is 3.13. The molecule has 0 spiro atoms. The van der Waals surface area contributed by atoms with Crippen LogP contribution in [0, 0.1) is 11.3 Å². The summed E-state index contributed by atoms with van der Waals surface area (Å²) < 4.78 is 10.9. The maximum absolute atomic E-state index is 5.50. The van der Waals surface area contributed by atoms with Crippen LogP contribution in [0.2, 0.25) is 0 Å². The number of nitrogens with one attached hydrogen (secondary N) is 2. The van der Waals surface area contributed by atoms with E-state index in [1.165, 1.54) is 25.7 Å². The lowest BCUT2D eigenvalue weighted by Gasteiger charge is -2.31. The Morgan fingerprint density at radius 1 is 1.29 bits per heavy atom. The molecular formula is C21H37IN4O2. The third kappa shape index (κ3) is 7.55. The molecule has 160 valence electrons. The third-order valence-electron chi connectivity index (χ3n) is 5.71. The van der Waals surface area contributed by atoms with E-state index in [0.717, 1.165) is 64.0 Å². The molecule has 0 amide bonds. The largest absolute Gasteiger partial charge is 0.469 e. The van der Waals surface area contributed by atoms with Gasteiger partial charge in [-0.2, -0.15) is 0 Å². The van der Waals surface area contributed by atoms with Crippen LogP contribution in [0.3, 0.4) is 0 Å². The van der Waals surface area contributed by atoms with Gasteiger partial charge in [0.05, 0.1) is 12.9 Å². The first-order valence-electron chi connectivity index (χ1n) is 10.4. The monoisotopic (exact) mass is 504 g/mol. The second-order valence-electron chi connectivity index (χ2n) is 8.48. The number of halogens is 1. The van der Waals surface area contributed by atoms with Gasteiger partial charge in [0.25, 0.3) is 0 Å². The van der Waals surface area contributed by atoms with Crippen molar-refractivity contribution in [3.05, 3.63) is 24.2 Å². The van der Waals surface area contributed by atoms with Crippen molar-refractivity contribution in [2.24, 2.45) is 16.3 Å². The SMILES string of the molecule is CN(C)CC1(CN=C(NCCc2ccco2)NCC2CCOC2)CCCC1.I. The Balaban J connectivity index is 0.00000280. The van der Waals surface area contributed by atoms with Crippen molar-refractivity contribution in [2.45, 2.75) is 38.5 Å². The van der Waals surface area contributed by atoms with Crippen molar-refractivity contribution >= 4 is 29.9 Å². The quantitative estimate of drug-likeness (QED) is 0.308. The zero-order valence-corrected chi connectivity index (χ0v) is 19.7. The molecule has 1 aliphatic heterocycles. The Hall–Kier alpha value is -0.800. The highest BCUT2D eigenvalue weighted by molar-refractivity contribution is 14.0. The van der Waals surface area contributed by atoms with E-state index < -0.39 is 0 Å². The molecule has 1 aromatic rings. The Morgan fingerprint density at radius 2 is 2.11 bits per heavy atom.